The molecule has 1 aliphatic rings. The summed E-state index contributed by atoms with van der Waals surface area (Å²) in [5, 5.41) is 12.9. The summed E-state index contributed by atoms with van der Waals surface area (Å²) in [5.74, 6) is -0.147. The van der Waals surface area contributed by atoms with Crippen molar-refractivity contribution in [3.05, 3.63) is 35.1 Å². The van der Waals surface area contributed by atoms with Crippen LogP contribution in [0.2, 0.25) is 0 Å². The number of halogens is 1. The van der Waals surface area contributed by atoms with Gasteiger partial charge in [0.1, 0.15) is 5.82 Å². The van der Waals surface area contributed by atoms with Crippen molar-refractivity contribution < 1.29 is 9.50 Å². The second-order valence-electron chi connectivity index (χ2n) is 4.74. The number of benzene rings is 1. The summed E-state index contributed by atoms with van der Waals surface area (Å²) in [7, 11) is 0. The summed E-state index contributed by atoms with van der Waals surface area (Å²) >= 11 is 0. The van der Waals surface area contributed by atoms with Crippen molar-refractivity contribution in [3.63, 3.8) is 0 Å². The fourth-order valence-corrected chi connectivity index (χ4v) is 2.43. The second kappa shape index (κ2) is 5.61. The van der Waals surface area contributed by atoms with Gasteiger partial charge in [-0.2, -0.15) is 0 Å². The van der Waals surface area contributed by atoms with Crippen molar-refractivity contribution in [2.75, 3.05) is 6.54 Å². The van der Waals surface area contributed by atoms with Gasteiger partial charge in [0.05, 0.1) is 6.10 Å². The highest BCUT2D eigenvalue weighted by molar-refractivity contribution is 5.34. The summed E-state index contributed by atoms with van der Waals surface area (Å²) in [4.78, 5) is 0. The Bertz CT molecular complexity index is 380. The quantitative estimate of drug-likeness (QED) is 0.825. The average molecular weight is 237 g/mol. The Hall–Kier alpha value is -0.930. The van der Waals surface area contributed by atoms with Crippen LogP contribution < -0.4 is 5.32 Å². The summed E-state index contributed by atoms with van der Waals surface area (Å²) in [5.41, 5.74) is 2.34. The Kier molecular flexibility index (Phi) is 4.13. The summed E-state index contributed by atoms with van der Waals surface area (Å²) in [6, 6.07) is 5.37. The predicted molar refractivity (Wildman–Crippen MR) is 66.4 cm³/mol. The topological polar surface area (TPSA) is 32.3 Å². The molecule has 1 aromatic rings. The Labute approximate surface area is 102 Å². The van der Waals surface area contributed by atoms with Crippen LogP contribution in [0.4, 0.5) is 4.39 Å². The molecule has 2 nitrogen and oxygen atoms in total. The van der Waals surface area contributed by atoms with Crippen LogP contribution in [-0.4, -0.2) is 17.8 Å². The Morgan fingerprint density at radius 2 is 2.35 bits per heavy atom. The fraction of sp³-hybridized carbons (Fsp3) is 0.571. The highest BCUT2D eigenvalue weighted by atomic mass is 19.1. The van der Waals surface area contributed by atoms with Gasteiger partial charge in [0.25, 0.3) is 0 Å². The normalized spacial score (nSPS) is 20.3. The SMILES string of the molecule is CCC(O)CCNC1CCc2cc(F)ccc21. The highest BCUT2D eigenvalue weighted by Crippen LogP contribution is 2.31. The van der Waals surface area contributed by atoms with Crippen LogP contribution in [0.25, 0.3) is 0 Å². The zero-order valence-electron chi connectivity index (χ0n) is 10.2. The molecule has 2 unspecified atom stereocenters. The van der Waals surface area contributed by atoms with Gasteiger partial charge < -0.3 is 10.4 Å². The fourth-order valence-electron chi connectivity index (χ4n) is 2.43. The highest BCUT2D eigenvalue weighted by Gasteiger charge is 2.22. The summed E-state index contributed by atoms with van der Waals surface area (Å²) in [6.07, 6.45) is 3.34. The van der Waals surface area contributed by atoms with E-state index in [0.29, 0.717) is 6.04 Å². The lowest BCUT2D eigenvalue weighted by Crippen LogP contribution is -2.23. The maximum absolute atomic E-state index is 13.0. The molecule has 0 aromatic heterocycles. The molecule has 0 saturated carbocycles. The predicted octanol–water partition coefficient (Wildman–Crippen LogP) is 2.56. The third-order valence-corrected chi connectivity index (χ3v) is 3.52. The largest absolute Gasteiger partial charge is 0.393 e. The molecule has 0 saturated heterocycles. The maximum atomic E-state index is 13.0. The van der Waals surface area contributed by atoms with Crippen LogP contribution in [0, 0.1) is 5.82 Å². The van der Waals surface area contributed by atoms with E-state index in [2.05, 4.69) is 5.32 Å². The van der Waals surface area contributed by atoms with Crippen LogP contribution in [0.15, 0.2) is 18.2 Å². The van der Waals surface area contributed by atoms with Gasteiger partial charge in [0, 0.05) is 6.04 Å². The van der Waals surface area contributed by atoms with Crippen molar-refractivity contribution in [2.24, 2.45) is 0 Å². The molecule has 0 spiro atoms. The molecule has 0 fully saturated rings. The van der Waals surface area contributed by atoms with Crippen LogP contribution in [-0.2, 0) is 6.42 Å². The average Bonchev–Trinajstić information content (AvgIpc) is 2.71. The monoisotopic (exact) mass is 237 g/mol. The number of aliphatic hydroxyl groups is 1. The lowest BCUT2D eigenvalue weighted by Gasteiger charge is -2.15. The van der Waals surface area contributed by atoms with Crippen molar-refractivity contribution in [3.8, 4) is 0 Å². The number of aliphatic hydroxyl groups excluding tert-OH is 1. The van der Waals surface area contributed by atoms with Crippen molar-refractivity contribution in [2.45, 2.75) is 44.8 Å². The first-order chi connectivity index (χ1) is 8.20. The third kappa shape index (κ3) is 3.05. The zero-order chi connectivity index (χ0) is 12.3. The lowest BCUT2D eigenvalue weighted by molar-refractivity contribution is 0.158. The molecule has 1 aromatic carbocycles. The smallest absolute Gasteiger partial charge is 0.123 e. The first-order valence-electron chi connectivity index (χ1n) is 6.40. The van der Waals surface area contributed by atoms with Crippen LogP contribution >= 0.6 is 0 Å². The number of fused-ring (bicyclic) bond motifs is 1. The maximum Gasteiger partial charge on any atom is 0.123 e. The van der Waals surface area contributed by atoms with Gasteiger partial charge in [0.2, 0.25) is 0 Å². The van der Waals surface area contributed by atoms with Crippen molar-refractivity contribution >= 4 is 0 Å². The van der Waals surface area contributed by atoms with Gasteiger partial charge in [-0.1, -0.05) is 13.0 Å². The third-order valence-electron chi connectivity index (χ3n) is 3.52. The van der Waals surface area contributed by atoms with Crippen LogP contribution in [0.5, 0.6) is 0 Å². The van der Waals surface area contributed by atoms with E-state index in [-0.39, 0.29) is 11.9 Å². The van der Waals surface area contributed by atoms with Crippen LogP contribution in [0.3, 0.4) is 0 Å². The molecule has 0 amide bonds. The molecule has 0 heterocycles. The number of hydrogen-bond donors (Lipinski definition) is 2. The van der Waals surface area contributed by atoms with Crippen molar-refractivity contribution in [1.82, 2.24) is 5.32 Å². The number of rotatable bonds is 5. The Morgan fingerprint density at radius 3 is 3.12 bits per heavy atom. The zero-order valence-corrected chi connectivity index (χ0v) is 10.2. The van der Waals surface area contributed by atoms with E-state index in [1.54, 1.807) is 6.07 Å². The summed E-state index contributed by atoms with van der Waals surface area (Å²) < 4.78 is 13.0. The van der Waals surface area contributed by atoms with E-state index < -0.39 is 0 Å². The summed E-state index contributed by atoms with van der Waals surface area (Å²) in [6.45, 7) is 2.80. The number of nitrogens with one attached hydrogen (secondary N) is 1. The molecule has 0 bridgehead atoms. The molecule has 94 valence electrons. The molecule has 2 rings (SSSR count). The van der Waals surface area contributed by atoms with Crippen molar-refractivity contribution in [1.29, 1.82) is 0 Å². The molecule has 2 atom stereocenters. The molecule has 17 heavy (non-hydrogen) atoms. The van der Waals surface area contributed by atoms with Gasteiger partial charge in [-0.25, -0.2) is 4.39 Å². The van der Waals surface area contributed by atoms with E-state index in [9.17, 15) is 9.50 Å². The molecule has 3 heteroatoms. The van der Waals surface area contributed by atoms with E-state index in [4.69, 9.17) is 0 Å². The minimum Gasteiger partial charge on any atom is -0.393 e. The Morgan fingerprint density at radius 1 is 1.53 bits per heavy atom. The van der Waals surface area contributed by atoms with Gasteiger partial charge in [-0.3, -0.25) is 0 Å². The first kappa shape index (κ1) is 12.5. The Balaban J connectivity index is 1.89. The molecule has 0 aliphatic heterocycles. The molecular formula is C14H20FNO. The van der Waals surface area contributed by atoms with Gasteiger partial charge in [0.15, 0.2) is 0 Å². The number of aryl methyl sites for hydroxylation is 1. The molecule has 1 aliphatic carbocycles. The second-order valence-corrected chi connectivity index (χ2v) is 4.74. The van der Waals surface area contributed by atoms with E-state index >= 15 is 0 Å². The van der Waals surface area contributed by atoms with Gasteiger partial charge in [-0.15, -0.1) is 0 Å². The van der Waals surface area contributed by atoms with Gasteiger partial charge >= 0.3 is 0 Å². The van der Waals surface area contributed by atoms with E-state index in [1.165, 1.54) is 11.6 Å². The van der Waals surface area contributed by atoms with E-state index in [0.717, 1.165) is 37.8 Å². The lowest BCUT2D eigenvalue weighted by atomic mass is 10.1. The van der Waals surface area contributed by atoms with E-state index in [1.807, 2.05) is 13.0 Å². The minimum atomic E-state index is -0.211. The standard InChI is InChI=1S/C14H20FNO/c1-2-12(17)7-8-16-14-6-3-10-9-11(15)4-5-13(10)14/h4-5,9,12,14,16-17H,2-3,6-8H2,1H3. The minimum absolute atomic E-state index is 0.147. The van der Waals surface area contributed by atoms with Gasteiger partial charge in [-0.05, 0) is 55.5 Å². The number of hydrogen-bond acceptors (Lipinski definition) is 2. The molecule has 0 radical (unpaired) electrons. The molecular weight excluding hydrogens is 217 g/mol. The van der Waals surface area contributed by atoms with Crippen LogP contribution in [0.1, 0.15) is 43.4 Å². The first-order valence-corrected chi connectivity index (χ1v) is 6.40. The molecule has 2 N–H and O–H groups in total.